The Morgan fingerprint density at radius 1 is 1.50 bits per heavy atom. The summed E-state index contributed by atoms with van der Waals surface area (Å²) < 4.78 is 0. The number of fused-ring (bicyclic) bond motifs is 2. The van der Waals surface area contributed by atoms with Crippen LogP contribution >= 0.6 is 0 Å². The van der Waals surface area contributed by atoms with E-state index in [9.17, 15) is 5.11 Å². The van der Waals surface area contributed by atoms with E-state index < -0.39 is 0 Å². The minimum Gasteiger partial charge on any atom is -0.390 e. The molecule has 2 aliphatic rings. The molecule has 0 aliphatic heterocycles. The monoisotopic (exact) mass is 140 g/mol. The Balaban J connectivity index is 2.14. The van der Waals surface area contributed by atoms with Crippen molar-refractivity contribution in [1.82, 2.24) is 0 Å². The van der Waals surface area contributed by atoms with Crippen LogP contribution in [0, 0.1) is 11.8 Å². The number of aliphatic hydroxyl groups is 1. The first-order chi connectivity index (χ1) is 4.74. The molecule has 10 heavy (non-hydrogen) atoms. The predicted octanol–water partition coefficient (Wildman–Crippen LogP) is 1.95. The SMILES string of the molecule is CCC1(O)CC2CCC1C2. The van der Waals surface area contributed by atoms with Crippen LogP contribution in [0.5, 0.6) is 0 Å². The molecule has 0 spiro atoms. The summed E-state index contributed by atoms with van der Waals surface area (Å²) in [5, 5.41) is 9.99. The molecule has 58 valence electrons. The maximum atomic E-state index is 9.99. The summed E-state index contributed by atoms with van der Waals surface area (Å²) in [6.45, 7) is 2.11. The topological polar surface area (TPSA) is 20.2 Å². The zero-order valence-corrected chi connectivity index (χ0v) is 6.64. The summed E-state index contributed by atoms with van der Waals surface area (Å²) in [7, 11) is 0. The van der Waals surface area contributed by atoms with Gasteiger partial charge < -0.3 is 5.11 Å². The lowest BCUT2D eigenvalue weighted by atomic mass is 9.82. The van der Waals surface area contributed by atoms with Crippen molar-refractivity contribution < 1.29 is 5.11 Å². The van der Waals surface area contributed by atoms with Crippen molar-refractivity contribution in [2.45, 2.75) is 44.6 Å². The number of hydrogen-bond acceptors (Lipinski definition) is 1. The van der Waals surface area contributed by atoms with Crippen LogP contribution in [0.1, 0.15) is 39.0 Å². The van der Waals surface area contributed by atoms with Gasteiger partial charge in [-0.1, -0.05) is 6.92 Å². The Bertz CT molecular complexity index is 144. The van der Waals surface area contributed by atoms with Crippen LogP contribution in [0.3, 0.4) is 0 Å². The van der Waals surface area contributed by atoms with Crippen LogP contribution in [-0.4, -0.2) is 10.7 Å². The molecule has 2 bridgehead atoms. The highest BCUT2D eigenvalue weighted by molar-refractivity contribution is 5.00. The number of hydrogen-bond donors (Lipinski definition) is 1. The molecular weight excluding hydrogens is 124 g/mol. The molecule has 2 rings (SSSR count). The van der Waals surface area contributed by atoms with Gasteiger partial charge in [0.1, 0.15) is 0 Å². The summed E-state index contributed by atoms with van der Waals surface area (Å²) >= 11 is 0. The van der Waals surface area contributed by atoms with Gasteiger partial charge in [0.25, 0.3) is 0 Å². The van der Waals surface area contributed by atoms with Crippen LogP contribution < -0.4 is 0 Å². The highest BCUT2D eigenvalue weighted by atomic mass is 16.3. The summed E-state index contributed by atoms with van der Waals surface area (Å²) in [5.74, 6) is 1.53. The summed E-state index contributed by atoms with van der Waals surface area (Å²) in [6, 6.07) is 0. The molecule has 1 nitrogen and oxygen atoms in total. The first-order valence-corrected chi connectivity index (χ1v) is 4.47. The molecule has 0 aromatic heterocycles. The fraction of sp³-hybridized carbons (Fsp3) is 1.00. The molecule has 0 aromatic rings. The van der Waals surface area contributed by atoms with Gasteiger partial charge in [-0.25, -0.2) is 0 Å². The quantitative estimate of drug-likeness (QED) is 0.590. The summed E-state index contributed by atoms with van der Waals surface area (Å²) in [5.41, 5.74) is -0.247. The zero-order valence-electron chi connectivity index (χ0n) is 6.64. The lowest BCUT2D eigenvalue weighted by molar-refractivity contribution is -0.0162. The normalized spacial score (nSPS) is 52.2. The average molecular weight is 140 g/mol. The standard InChI is InChI=1S/C9H16O/c1-2-9(10)6-7-3-4-8(9)5-7/h7-8,10H,2-6H2,1H3. The first-order valence-electron chi connectivity index (χ1n) is 4.47. The van der Waals surface area contributed by atoms with E-state index >= 15 is 0 Å². The van der Waals surface area contributed by atoms with E-state index in [1.807, 2.05) is 0 Å². The van der Waals surface area contributed by atoms with E-state index in [1.54, 1.807) is 0 Å². The molecule has 0 heterocycles. The van der Waals surface area contributed by atoms with Crippen LogP contribution in [0.25, 0.3) is 0 Å². The lowest BCUT2D eigenvalue weighted by Gasteiger charge is -2.31. The van der Waals surface area contributed by atoms with Crippen molar-refractivity contribution in [1.29, 1.82) is 0 Å². The van der Waals surface area contributed by atoms with Gasteiger partial charge in [0.15, 0.2) is 0 Å². The van der Waals surface area contributed by atoms with Gasteiger partial charge in [0.05, 0.1) is 5.60 Å². The fourth-order valence-corrected chi connectivity index (χ4v) is 2.85. The molecule has 1 N–H and O–H groups in total. The van der Waals surface area contributed by atoms with E-state index in [0.29, 0.717) is 5.92 Å². The molecule has 3 unspecified atom stereocenters. The summed E-state index contributed by atoms with van der Waals surface area (Å²) in [4.78, 5) is 0. The van der Waals surface area contributed by atoms with Gasteiger partial charge in [-0.15, -0.1) is 0 Å². The Kier molecular flexibility index (Phi) is 1.31. The highest BCUT2D eigenvalue weighted by Gasteiger charge is 2.48. The molecule has 0 aromatic carbocycles. The van der Waals surface area contributed by atoms with E-state index in [0.717, 1.165) is 18.8 Å². The molecule has 2 saturated carbocycles. The average Bonchev–Trinajstić information content (AvgIpc) is 2.46. The van der Waals surface area contributed by atoms with Gasteiger partial charge in [-0.3, -0.25) is 0 Å². The van der Waals surface area contributed by atoms with Crippen molar-refractivity contribution in [2.75, 3.05) is 0 Å². The van der Waals surface area contributed by atoms with Crippen molar-refractivity contribution in [2.24, 2.45) is 11.8 Å². The van der Waals surface area contributed by atoms with Gasteiger partial charge in [-0.05, 0) is 43.9 Å². The maximum Gasteiger partial charge on any atom is 0.0676 e. The van der Waals surface area contributed by atoms with Crippen molar-refractivity contribution >= 4 is 0 Å². The first kappa shape index (κ1) is 6.66. The third kappa shape index (κ3) is 0.731. The minimum atomic E-state index is -0.247. The molecule has 2 aliphatic carbocycles. The van der Waals surface area contributed by atoms with Gasteiger partial charge in [0, 0.05) is 0 Å². The lowest BCUT2D eigenvalue weighted by Crippen LogP contribution is -2.33. The zero-order chi connectivity index (χ0) is 7.19. The molecule has 1 heteroatoms. The molecule has 3 atom stereocenters. The highest BCUT2D eigenvalue weighted by Crippen LogP contribution is 2.51. The molecule has 0 saturated heterocycles. The molecule has 2 fully saturated rings. The smallest absolute Gasteiger partial charge is 0.0676 e. The third-order valence-corrected chi connectivity index (χ3v) is 3.56. The fourth-order valence-electron chi connectivity index (χ4n) is 2.85. The van der Waals surface area contributed by atoms with E-state index in [1.165, 1.54) is 19.3 Å². The second-order valence-electron chi connectivity index (χ2n) is 4.04. The molecule has 0 radical (unpaired) electrons. The van der Waals surface area contributed by atoms with Crippen LogP contribution in [0.4, 0.5) is 0 Å². The Morgan fingerprint density at radius 3 is 2.60 bits per heavy atom. The van der Waals surface area contributed by atoms with Crippen molar-refractivity contribution in [3.8, 4) is 0 Å². The predicted molar refractivity (Wildman–Crippen MR) is 40.7 cm³/mol. The Morgan fingerprint density at radius 2 is 2.30 bits per heavy atom. The van der Waals surface area contributed by atoms with E-state index in [2.05, 4.69) is 6.92 Å². The minimum absolute atomic E-state index is 0.247. The van der Waals surface area contributed by atoms with Gasteiger partial charge >= 0.3 is 0 Å². The summed E-state index contributed by atoms with van der Waals surface area (Å²) in [6.07, 6.45) is 6.04. The Labute approximate surface area is 62.4 Å². The second kappa shape index (κ2) is 1.97. The van der Waals surface area contributed by atoms with Crippen molar-refractivity contribution in [3.05, 3.63) is 0 Å². The maximum absolute atomic E-state index is 9.99. The van der Waals surface area contributed by atoms with Gasteiger partial charge in [-0.2, -0.15) is 0 Å². The van der Waals surface area contributed by atoms with Crippen LogP contribution in [0.15, 0.2) is 0 Å². The van der Waals surface area contributed by atoms with Crippen molar-refractivity contribution in [3.63, 3.8) is 0 Å². The molecular formula is C9H16O. The number of rotatable bonds is 1. The second-order valence-corrected chi connectivity index (χ2v) is 4.04. The Hall–Kier alpha value is -0.0400. The molecule has 0 amide bonds. The van der Waals surface area contributed by atoms with E-state index in [-0.39, 0.29) is 5.60 Å². The third-order valence-electron chi connectivity index (χ3n) is 3.56. The van der Waals surface area contributed by atoms with E-state index in [4.69, 9.17) is 0 Å². The largest absolute Gasteiger partial charge is 0.390 e. The van der Waals surface area contributed by atoms with Crippen LogP contribution in [-0.2, 0) is 0 Å². The van der Waals surface area contributed by atoms with Crippen LogP contribution in [0.2, 0.25) is 0 Å². The van der Waals surface area contributed by atoms with Gasteiger partial charge in [0.2, 0.25) is 0 Å².